The zero-order valence-electron chi connectivity index (χ0n) is 18.2. The second-order valence-corrected chi connectivity index (χ2v) is 7.41. The van der Waals surface area contributed by atoms with Crippen LogP contribution in [0.1, 0.15) is 33.6 Å². The van der Waals surface area contributed by atoms with E-state index in [2.05, 4.69) is 0 Å². The average molecular weight is 474 g/mol. The fourth-order valence-corrected chi connectivity index (χ4v) is 3.25. The van der Waals surface area contributed by atoms with Crippen LogP contribution in [0.15, 0.2) is 48.2 Å². The quantitative estimate of drug-likeness (QED) is 0.433. The molecular formula is C23H22O11. The molecule has 0 aliphatic heterocycles. The van der Waals surface area contributed by atoms with Gasteiger partial charge in [-0.05, 0) is 42.5 Å². The fraction of sp³-hybridized carbons (Fsp3) is 0.261. The Balaban J connectivity index is 1.86. The summed E-state index contributed by atoms with van der Waals surface area (Å²) in [6.07, 6.45) is -1.25. The highest BCUT2D eigenvalue weighted by Gasteiger charge is 2.44. The first-order valence-corrected chi connectivity index (χ1v) is 9.91. The van der Waals surface area contributed by atoms with Crippen LogP contribution >= 0.6 is 0 Å². The Bertz CT molecular complexity index is 1150. The molecule has 2 atom stereocenters. The molecule has 0 radical (unpaired) electrons. The van der Waals surface area contributed by atoms with Gasteiger partial charge in [-0.25, -0.2) is 14.4 Å². The maximum atomic E-state index is 12.7. The van der Waals surface area contributed by atoms with E-state index in [0.29, 0.717) is 0 Å². The highest BCUT2D eigenvalue weighted by molar-refractivity contribution is 5.92. The van der Waals surface area contributed by atoms with Crippen molar-refractivity contribution in [2.75, 3.05) is 14.2 Å². The highest BCUT2D eigenvalue weighted by Crippen LogP contribution is 2.34. The predicted octanol–water partition coefficient (Wildman–Crippen LogP) is 1.99. The van der Waals surface area contributed by atoms with Gasteiger partial charge in [-0.3, -0.25) is 0 Å². The Labute approximate surface area is 193 Å². The average Bonchev–Trinajstić information content (AvgIpc) is 2.81. The van der Waals surface area contributed by atoms with E-state index in [1.807, 2.05) is 0 Å². The molecule has 0 heterocycles. The first kappa shape index (κ1) is 24.4. The maximum Gasteiger partial charge on any atom is 0.343 e. The maximum absolute atomic E-state index is 12.7. The van der Waals surface area contributed by atoms with Gasteiger partial charge in [0, 0.05) is 12.8 Å². The summed E-state index contributed by atoms with van der Waals surface area (Å²) >= 11 is 0. The van der Waals surface area contributed by atoms with E-state index in [0.717, 1.165) is 6.08 Å². The van der Waals surface area contributed by atoms with Crippen LogP contribution in [-0.2, 0) is 14.3 Å². The molecule has 2 unspecified atom stereocenters. The molecule has 0 bridgehead atoms. The Morgan fingerprint density at radius 2 is 1.44 bits per heavy atom. The van der Waals surface area contributed by atoms with Crippen molar-refractivity contribution in [2.24, 2.45) is 0 Å². The third-order valence-corrected chi connectivity index (χ3v) is 5.17. The van der Waals surface area contributed by atoms with Crippen LogP contribution in [0.2, 0.25) is 0 Å². The van der Waals surface area contributed by atoms with Gasteiger partial charge in [-0.2, -0.15) is 0 Å². The number of carboxylic acids is 1. The molecule has 180 valence electrons. The van der Waals surface area contributed by atoms with Crippen molar-refractivity contribution in [3.63, 3.8) is 0 Å². The van der Waals surface area contributed by atoms with Crippen molar-refractivity contribution in [1.29, 1.82) is 0 Å². The molecule has 0 saturated heterocycles. The lowest BCUT2D eigenvalue weighted by Gasteiger charge is -2.32. The van der Waals surface area contributed by atoms with Crippen LogP contribution in [0.25, 0.3) is 0 Å². The molecule has 0 spiro atoms. The molecule has 0 amide bonds. The smallest absolute Gasteiger partial charge is 0.343 e. The lowest BCUT2D eigenvalue weighted by molar-refractivity contribution is -0.162. The van der Waals surface area contributed by atoms with E-state index in [4.69, 9.17) is 18.9 Å². The first-order valence-electron chi connectivity index (χ1n) is 9.91. The number of hydrogen-bond donors (Lipinski definition) is 4. The van der Waals surface area contributed by atoms with Gasteiger partial charge in [0.1, 0.15) is 5.76 Å². The van der Waals surface area contributed by atoms with Gasteiger partial charge in [0.15, 0.2) is 34.7 Å². The van der Waals surface area contributed by atoms with E-state index in [1.165, 1.54) is 50.6 Å². The molecule has 0 fully saturated rings. The van der Waals surface area contributed by atoms with Gasteiger partial charge in [-0.15, -0.1) is 0 Å². The summed E-state index contributed by atoms with van der Waals surface area (Å²) in [4.78, 5) is 36.9. The molecule has 11 heteroatoms. The number of hydrogen-bond acceptors (Lipinski definition) is 10. The van der Waals surface area contributed by atoms with Gasteiger partial charge in [0.2, 0.25) is 0 Å². The number of ether oxygens (including phenoxy) is 4. The van der Waals surface area contributed by atoms with Crippen LogP contribution in [0, 0.1) is 0 Å². The Hall–Kier alpha value is -4.25. The van der Waals surface area contributed by atoms with Crippen LogP contribution < -0.4 is 9.47 Å². The Kier molecular flexibility index (Phi) is 6.97. The number of aliphatic hydroxyl groups is 1. The van der Waals surface area contributed by atoms with Gasteiger partial charge in [0.25, 0.3) is 0 Å². The minimum absolute atomic E-state index is 0.00275. The van der Waals surface area contributed by atoms with Crippen molar-refractivity contribution >= 4 is 17.9 Å². The summed E-state index contributed by atoms with van der Waals surface area (Å²) in [5.74, 6) is -3.93. The minimum Gasteiger partial charge on any atom is -0.504 e. The molecular weight excluding hydrogens is 452 g/mol. The zero-order chi connectivity index (χ0) is 25.0. The third-order valence-electron chi connectivity index (χ3n) is 5.17. The first-order chi connectivity index (χ1) is 16.1. The van der Waals surface area contributed by atoms with Crippen molar-refractivity contribution in [1.82, 2.24) is 0 Å². The normalized spacial score (nSPS) is 19.5. The van der Waals surface area contributed by atoms with Gasteiger partial charge in [-0.1, -0.05) is 0 Å². The van der Waals surface area contributed by atoms with Crippen LogP contribution in [0.5, 0.6) is 23.0 Å². The molecule has 3 rings (SSSR count). The third kappa shape index (κ3) is 5.04. The van der Waals surface area contributed by atoms with E-state index in [1.54, 1.807) is 0 Å². The summed E-state index contributed by atoms with van der Waals surface area (Å²) < 4.78 is 20.6. The monoisotopic (exact) mass is 474 g/mol. The number of phenols is 2. The lowest BCUT2D eigenvalue weighted by Crippen LogP contribution is -2.46. The molecule has 2 aromatic carbocycles. The van der Waals surface area contributed by atoms with Gasteiger partial charge < -0.3 is 39.4 Å². The largest absolute Gasteiger partial charge is 0.504 e. The van der Waals surface area contributed by atoms with Crippen molar-refractivity contribution in [3.05, 3.63) is 59.4 Å². The van der Waals surface area contributed by atoms with E-state index < -0.39 is 42.5 Å². The summed E-state index contributed by atoms with van der Waals surface area (Å²) in [5, 5.41) is 39.2. The highest BCUT2D eigenvalue weighted by atomic mass is 16.6. The predicted molar refractivity (Wildman–Crippen MR) is 114 cm³/mol. The number of aromatic hydroxyl groups is 2. The van der Waals surface area contributed by atoms with Crippen LogP contribution in [0.4, 0.5) is 0 Å². The van der Waals surface area contributed by atoms with Gasteiger partial charge in [0.05, 0.1) is 25.3 Å². The van der Waals surface area contributed by atoms with Crippen molar-refractivity contribution in [2.45, 2.75) is 24.5 Å². The molecule has 1 aliphatic carbocycles. The molecule has 2 aromatic rings. The number of benzene rings is 2. The van der Waals surface area contributed by atoms with E-state index in [-0.39, 0.29) is 39.9 Å². The number of carbonyl (C=O) groups excluding carboxylic acids is 2. The zero-order valence-corrected chi connectivity index (χ0v) is 18.2. The lowest BCUT2D eigenvalue weighted by atomic mass is 9.86. The minimum atomic E-state index is -2.25. The summed E-state index contributed by atoms with van der Waals surface area (Å²) in [6, 6.07) is 7.41. The number of esters is 2. The SMILES string of the molecule is COc1cc(C(=O)OC2=CCC(O)(C(=O)O)CC2OC(=O)c2ccc(O)c(OC)c2)ccc1O. The molecule has 0 aromatic heterocycles. The number of methoxy groups -OCH3 is 2. The second kappa shape index (κ2) is 9.71. The molecule has 4 N–H and O–H groups in total. The fourth-order valence-electron chi connectivity index (χ4n) is 3.25. The molecule has 0 saturated carbocycles. The second-order valence-electron chi connectivity index (χ2n) is 7.41. The summed E-state index contributed by atoms with van der Waals surface area (Å²) in [7, 11) is 2.59. The van der Waals surface area contributed by atoms with E-state index in [9.17, 15) is 34.8 Å². The Morgan fingerprint density at radius 3 is 1.94 bits per heavy atom. The number of carboxylic acid groups (broad SMARTS) is 1. The molecule has 11 nitrogen and oxygen atoms in total. The standard InChI is InChI=1S/C23H22O11/c1-31-17-9-12(3-5-14(17)24)20(26)33-16-7-8-23(30,22(28)29)11-19(16)34-21(27)13-4-6-15(25)18(10-13)32-2/h3-7,9-10,19,24-25,30H,8,11H2,1-2H3,(H,28,29). The number of aliphatic carboxylic acids is 1. The molecule has 1 aliphatic rings. The van der Waals surface area contributed by atoms with Crippen molar-refractivity contribution < 1.29 is 53.8 Å². The number of rotatable bonds is 7. The van der Waals surface area contributed by atoms with Crippen LogP contribution in [0.3, 0.4) is 0 Å². The molecule has 34 heavy (non-hydrogen) atoms. The topological polar surface area (TPSA) is 169 Å². The number of carbonyl (C=O) groups is 3. The van der Waals surface area contributed by atoms with Crippen LogP contribution in [-0.4, -0.2) is 64.3 Å². The van der Waals surface area contributed by atoms with Gasteiger partial charge >= 0.3 is 17.9 Å². The van der Waals surface area contributed by atoms with Crippen molar-refractivity contribution in [3.8, 4) is 23.0 Å². The van der Waals surface area contributed by atoms with E-state index >= 15 is 0 Å². The summed E-state index contributed by atoms with van der Waals surface area (Å²) in [6.45, 7) is 0. The number of phenolic OH excluding ortho intramolecular Hbond substituents is 2. The summed E-state index contributed by atoms with van der Waals surface area (Å²) in [5.41, 5.74) is -2.29. The Morgan fingerprint density at radius 1 is 0.912 bits per heavy atom.